The number of halogens is 3. The van der Waals surface area contributed by atoms with E-state index in [1.807, 2.05) is 4.57 Å². The molecule has 1 fully saturated rings. The van der Waals surface area contributed by atoms with Crippen molar-refractivity contribution in [1.82, 2.24) is 14.5 Å². The van der Waals surface area contributed by atoms with Gasteiger partial charge in [0.05, 0.1) is 24.3 Å². The summed E-state index contributed by atoms with van der Waals surface area (Å²) in [6.07, 6.45) is -1.04. The predicted molar refractivity (Wildman–Crippen MR) is 135 cm³/mol. The highest BCUT2D eigenvalue weighted by Crippen LogP contribution is 2.44. The van der Waals surface area contributed by atoms with Gasteiger partial charge in [-0.3, -0.25) is 9.59 Å². The van der Waals surface area contributed by atoms with E-state index in [4.69, 9.17) is 5.11 Å². The van der Waals surface area contributed by atoms with Crippen LogP contribution in [-0.4, -0.2) is 60.9 Å². The molecule has 2 aromatic carbocycles. The van der Waals surface area contributed by atoms with Crippen LogP contribution in [0.15, 0.2) is 42.5 Å². The minimum absolute atomic E-state index is 0.0130. The van der Waals surface area contributed by atoms with E-state index in [0.717, 1.165) is 25.0 Å². The zero-order valence-electron chi connectivity index (χ0n) is 21.4. The Balaban J connectivity index is 1.64. The molecule has 1 saturated carbocycles. The fourth-order valence-electron chi connectivity index (χ4n) is 4.60. The number of aromatic nitrogens is 2. The van der Waals surface area contributed by atoms with E-state index in [-0.39, 0.29) is 37.5 Å². The molecule has 0 saturated heterocycles. The van der Waals surface area contributed by atoms with Crippen LogP contribution < -0.4 is 0 Å². The number of hydrogen-bond donors (Lipinski definition) is 3. The second-order valence-corrected chi connectivity index (χ2v) is 9.94. The molecule has 2 atom stereocenters. The summed E-state index contributed by atoms with van der Waals surface area (Å²) in [5.74, 6) is -3.59. The van der Waals surface area contributed by atoms with Crippen LogP contribution in [0.3, 0.4) is 0 Å². The molecule has 11 heteroatoms. The predicted octanol–water partition coefficient (Wildman–Crippen LogP) is 4.09. The van der Waals surface area contributed by atoms with Gasteiger partial charge in [0.2, 0.25) is 0 Å². The molecule has 3 N–H and O–H groups in total. The van der Waals surface area contributed by atoms with Gasteiger partial charge in [0, 0.05) is 31.6 Å². The maximum absolute atomic E-state index is 13.7. The number of hydrogen-bond acceptors (Lipinski definition) is 5. The Kier molecular flexibility index (Phi) is 8.71. The number of carboxylic acids is 1. The van der Waals surface area contributed by atoms with Gasteiger partial charge in [-0.05, 0) is 67.6 Å². The van der Waals surface area contributed by atoms with Crippen LogP contribution in [0.4, 0.5) is 13.2 Å². The SMILES string of the molecule is CN(Cc1ccc(F)c(F)c1)C(=O)c1nc(-c2ccc(F)cc2)n(CC[C@@H](O)C[C@@H](O)CC(=O)O)c1C1CC1. The molecule has 0 spiro atoms. The van der Waals surface area contributed by atoms with Crippen molar-refractivity contribution in [3.8, 4) is 11.4 Å². The lowest BCUT2D eigenvalue weighted by Crippen LogP contribution is -2.28. The topological polar surface area (TPSA) is 116 Å². The monoisotopic (exact) mass is 545 g/mol. The van der Waals surface area contributed by atoms with E-state index >= 15 is 0 Å². The van der Waals surface area contributed by atoms with E-state index in [9.17, 15) is 33.0 Å². The second kappa shape index (κ2) is 12.0. The quantitative estimate of drug-likeness (QED) is 0.316. The molecule has 0 aliphatic heterocycles. The maximum Gasteiger partial charge on any atom is 0.305 e. The van der Waals surface area contributed by atoms with E-state index in [2.05, 4.69) is 4.98 Å². The van der Waals surface area contributed by atoms with E-state index in [0.29, 0.717) is 22.6 Å². The Morgan fingerprint density at radius 1 is 1.05 bits per heavy atom. The lowest BCUT2D eigenvalue weighted by atomic mass is 10.1. The Morgan fingerprint density at radius 2 is 1.74 bits per heavy atom. The normalized spacial score (nSPS) is 14.7. The van der Waals surface area contributed by atoms with Gasteiger partial charge in [-0.15, -0.1) is 0 Å². The summed E-state index contributed by atoms with van der Waals surface area (Å²) in [5.41, 5.74) is 1.80. The number of imidazole rings is 1. The summed E-state index contributed by atoms with van der Waals surface area (Å²) in [4.78, 5) is 30.4. The number of rotatable bonds is 12. The van der Waals surface area contributed by atoms with Gasteiger partial charge in [0.25, 0.3) is 5.91 Å². The molecular weight excluding hydrogens is 515 g/mol. The highest BCUT2D eigenvalue weighted by atomic mass is 19.2. The fraction of sp³-hybridized carbons (Fsp3) is 0.393. The molecule has 208 valence electrons. The number of amides is 1. The van der Waals surface area contributed by atoms with Crippen LogP contribution >= 0.6 is 0 Å². The molecule has 0 bridgehead atoms. The Hall–Kier alpha value is -3.70. The van der Waals surface area contributed by atoms with Crippen LogP contribution in [0, 0.1) is 17.5 Å². The lowest BCUT2D eigenvalue weighted by molar-refractivity contribution is -0.139. The summed E-state index contributed by atoms with van der Waals surface area (Å²) < 4.78 is 42.5. The average Bonchev–Trinajstić information content (AvgIpc) is 3.64. The van der Waals surface area contributed by atoms with Crippen LogP contribution in [0.5, 0.6) is 0 Å². The number of aliphatic carboxylic acids is 1. The summed E-state index contributed by atoms with van der Waals surface area (Å²) in [6, 6.07) is 9.06. The van der Waals surface area contributed by atoms with Crippen molar-refractivity contribution in [2.75, 3.05) is 7.05 Å². The maximum atomic E-state index is 13.7. The van der Waals surface area contributed by atoms with Crippen LogP contribution in [0.1, 0.15) is 59.8 Å². The summed E-state index contributed by atoms with van der Waals surface area (Å²) in [5, 5.41) is 29.2. The second-order valence-electron chi connectivity index (χ2n) is 9.94. The summed E-state index contributed by atoms with van der Waals surface area (Å²) >= 11 is 0. The molecule has 8 nitrogen and oxygen atoms in total. The van der Waals surface area contributed by atoms with Crippen LogP contribution in [-0.2, 0) is 17.9 Å². The Morgan fingerprint density at radius 3 is 2.36 bits per heavy atom. The number of aliphatic hydroxyl groups excluding tert-OH is 2. The van der Waals surface area contributed by atoms with Gasteiger partial charge in [-0.2, -0.15) is 0 Å². The first-order valence-electron chi connectivity index (χ1n) is 12.7. The minimum Gasteiger partial charge on any atom is -0.481 e. The van der Waals surface area contributed by atoms with Crippen molar-refractivity contribution >= 4 is 11.9 Å². The van der Waals surface area contributed by atoms with Gasteiger partial charge in [0.15, 0.2) is 17.3 Å². The first-order valence-corrected chi connectivity index (χ1v) is 12.7. The van der Waals surface area contributed by atoms with E-state index < -0.39 is 48.0 Å². The highest BCUT2D eigenvalue weighted by Gasteiger charge is 2.36. The number of carbonyl (C=O) groups is 2. The third kappa shape index (κ3) is 7.04. The van der Waals surface area contributed by atoms with Gasteiger partial charge >= 0.3 is 5.97 Å². The molecule has 39 heavy (non-hydrogen) atoms. The number of nitrogens with zero attached hydrogens (tertiary/aromatic N) is 3. The molecule has 0 radical (unpaired) electrons. The van der Waals surface area contributed by atoms with Crippen molar-refractivity contribution in [3.63, 3.8) is 0 Å². The number of carbonyl (C=O) groups excluding carboxylic acids is 1. The molecule has 1 aliphatic rings. The van der Waals surface area contributed by atoms with Crippen molar-refractivity contribution in [3.05, 3.63) is 76.9 Å². The average molecular weight is 546 g/mol. The minimum atomic E-state index is -1.21. The smallest absolute Gasteiger partial charge is 0.305 e. The fourth-order valence-corrected chi connectivity index (χ4v) is 4.60. The first-order chi connectivity index (χ1) is 18.5. The van der Waals surface area contributed by atoms with Crippen molar-refractivity contribution in [2.45, 2.75) is 63.3 Å². The molecule has 1 amide bonds. The molecule has 1 aliphatic carbocycles. The van der Waals surface area contributed by atoms with Gasteiger partial charge < -0.3 is 24.8 Å². The summed E-state index contributed by atoms with van der Waals surface area (Å²) in [7, 11) is 1.53. The van der Waals surface area contributed by atoms with Gasteiger partial charge in [0.1, 0.15) is 11.6 Å². The number of benzene rings is 2. The van der Waals surface area contributed by atoms with Gasteiger partial charge in [-0.1, -0.05) is 6.07 Å². The van der Waals surface area contributed by atoms with Crippen molar-refractivity contribution in [2.24, 2.45) is 0 Å². The number of carboxylic acid groups (broad SMARTS) is 1. The standard InChI is InChI=1S/C28H30F3N3O5/c1-33(15-16-2-9-22(30)23(31)12-16)28(39)25-26(17-3-4-17)34(11-10-20(35)13-21(36)14-24(37)38)27(32-25)18-5-7-19(29)8-6-18/h2,5-9,12,17,20-21,35-36H,3-4,10-11,13-15H2,1H3,(H,37,38)/t20-,21-/m1/s1. The zero-order chi connectivity index (χ0) is 28.3. The molecule has 1 heterocycles. The third-order valence-corrected chi connectivity index (χ3v) is 6.67. The van der Waals surface area contributed by atoms with Crippen LogP contribution in [0.25, 0.3) is 11.4 Å². The molecule has 1 aromatic heterocycles. The first kappa shape index (κ1) is 28.3. The largest absolute Gasteiger partial charge is 0.481 e. The molecule has 4 rings (SSSR count). The van der Waals surface area contributed by atoms with Crippen molar-refractivity contribution < 1.29 is 38.1 Å². The highest BCUT2D eigenvalue weighted by molar-refractivity contribution is 5.94. The Labute approximate surface area is 223 Å². The zero-order valence-corrected chi connectivity index (χ0v) is 21.4. The molecular formula is C28H30F3N3O5. The van der Waals surface area contributed by atoms with E-state index in [1.165, 1.54) is 42.3 Å². The molecule has 3 aromatic rings. The molecule has 0 unspecified atom stereocenters. The van der Waals surface area contributed by atoms with Gasteiger partial charge in [-0.25, -0.2) is 18.2 Å². The van der Waals surface area contributed by atoms with Crippen molar-refractivity contribution in [1.29, 1.82) is 0 Å². The summed E-state index contributed by atoms with van der Waals surface area (Å²) in [6.45, 7) is 0.228. The van der Waals surface area contributed by atoms with E-state index in [1.54, 1.807) is 0 Å². The Bertz CT molecular complexity index is 1340. The third-order valence-electron chi connectivity index (χ3n) is 6.67. The lowest BCUT2D eigenvalue weighted by Gasteiger charge is -2.19. The number of aliphatic hydroxyl groups is 2. The van der Waals surface area contributed by atoms with Crippen LogP contribution in [0.2, 0.25) is 0 Å².